The molecule has 2 N–H and O–H groups in total. The summed E-state index contributed by atoms with van der Waals surface area (Å²) in [6.45, 7) is 0.745. The number of carboxylic acids is 1. The molecule has 0 bridgehead atoms. The standard InChI is InChI=1S/C15H18N4O3/c1-18(2)14(20)10-19-9-13(8-17-19)16-7-11-3-5-12(6-4-11)15(21)22/h3-6,8-9,16H,7,10H2,1-2H3,(H,21,22). The predicted molar refractivity (Wildman–Crippen MR) is 81.6 cm³/mol. The molecule has 116 valence electrons. The van der Waals surface area contributed by atoms with Crippen molar-refractivity contribution in [1.29, 1.82) is 0 Å². The molecule has 2 aromatic rings. The van der Waals surface area contributed by atoms with Crippen molar-refractivity contribution in [2.45, 2.75) is 13.1 Å². The van der Waals surface area contributed by atoms with Crippen LogP contribution in [0.1, 0.15) is 15.9 Å². The summed E-state index contributed by atoms with van der Waals surface area (Å²) in [6.07, 6.45) is 3.40. The van der Waals surface area contributed by atoms with Crippen molar-refractivity contribution < 1.29 is 14.7 Å². The second kappa shape index (κ2) is 6.75. The van der Waals surface area contributed by atoms with Crippen LogP contribution in [0.4, 0.5) is 5.69 Å². The van der Waals surface area contributed by atoms with Crippen molar-refractivity contribution in [2.24, 2.45) is 0 Å². The van der Waals surface area contributed by atoms with Crippen LogP contribution < -0.4 is 5.32 Å². The molecule has 0 atom stereocenters. The van der Waals surface area contributed by atoms with Gasteiger partial charge in [0, 0.05) is 26.8 Å². The lowest BCUT2D eigenvalue weighted by atomic mass is 10.1. The van der Waals surface area contributed by atoms with E-state index in [0.717, 1.165) is 11.3 Å². The number of amides is 1. The summed E-state index contributed by atoms with van der Waals surface area (Å²) in [7, 11) is 3.40. The van der Waals surface area contributed by atoms with Gasteiger partial charge in [-0.3, -0.25) is 9.48 Å². The van der Waals surface area contributed by atoms with Crippen LogP contribution in [0.2, 0.25) is 0 Å². The zero-order chi connectivity index (χ0) is 16.1. The third kappa shape index (κ3) is 4.08. The maximum Gasteiger partial charge on any atom is 0.335 e. The zero-order valence-corrected chi connectivity index (χ0v) is 12.5. The Morgan fingerprint density at radius 3 is 2.55 bits per heavy atom. The number of likely N-dealkylation sites (N-methyl/N-ethyl adjacent to an activating group) is 1. The number of hydrogen-bond acceptors (Lipinski definition) is 4. The first-order chi connectivity index (χ1) is 10.5. The number of nitrogens with one attached hydrogen (secondary N) is 1. The molecule has 7 heteroatoms. The minimum Gasteiger partial charge on any atom is -0.478 e. The second-order valence-electron chi connectivity index (χ2n) is 5.07. The van der Waals surface area contributed by atoms with E-state index in [1.54, 1.807) is 55.4 Å². The number of hydrogen-bond donors (Lipinski definition) is 2. The molecule has 0 aliphatic rings. The number of carboxylic acid groups (broad SMARTS) is 1. The van der Waals surface area contributed by atoms with Crippen LogP contribution in [0.5, 0.6) is 0 Å². The third-order valence-corrected chi connectivity index (χ3v) is 3.13. The molecule has 0 spiro atoms. The van der Waals surface area contributed by atoms with Crippen molar-refractivity contribution in [3.63, 3.8) is 0 Å². The first-order valence-electron chi connectivity index (χ1n) is 6.74. The molecule has 1 aromatic heterocycles. The van der Waals surface area contributed by atoms with E-state index in [2.05, 4.69) is 10.4 Å². The molecule has 1 aromatic carbocycles. The Hall–Kier alpha value is -2.83. The smallest absolute Gasteiger partial charge is 0.335 e. The fourth-order valence-electron chi connectivity index (χ4n) is 1.79. The number of anilines is 1. The average molecular weight is 302 g/mol. The molecule has 0 fully saturated rings. The van der Waals surface area contributed by atoms with Crippen LogP contribution in [-0.4, -0.2) is 45.8 Å². The molecule has 0 aliphatic carbocycles. The van der Waals surface area contributed by atoms with Crippen LogP contribution in [0.25, 0.3) is 0 Å². The Bertz CT molecular complexity index is 662. The molecule has 0 saturated heterocycles. The third-order valence-electron chi connectivity index (χ3n) is 3.13. The zero-order valence-electron chi connectivity index (χ0n) is 12.5. The van der Waals surface area contributed by atoms with E-state index in [-0.39, 0.29) is 18.0 Å². The lowest BCUT2D eigenvalue weighted by molar-refractivity contribution is -0.129. The molecule has 2 rings (SSSR count). The van der Waals surface area contributed by atoms with Gasteiger partial charge in [-0.1, -0.05) is 12.1 Å². The fraction of sp³-hybridized carbons (Fsp3) is 0.267. The highest BCUT2D eigenvalue weighted by Crippen LogP contribution is 2.09. The first-order valence-corrected chi connectivity index (χ1v) is 6.74. The summed E-state index contributed by atoms with van der Waals surface area (Å²) in [6, 6.07) is 6.66. The van der Waals surface area contributed by atoms with Crippen molar-refractivity contribution in [3.8, 4) is 0 Å². The van der Waals surface area contributed by atoms with E-state index in [9.17, 15) is 9.59 Å². The van der Waals surface area contributed by atoms with Crippen molar-refractivity contribution in [1.82, 2.24) is 14.7 Å². The highest BCUT2D eigenvalue weighted by Gasteiger charge is 2.07. The lowest BCUT2D eigenvalue weighted by Gasteiger charge is -2.09. The highest BCUT2D eigenvalue weighted by molar-refractivity contribution is 5.87. The number of aromatic nitrogens is 2. The van der Waals surface area contributed by atoms with Gasteiger partial charge in [0.25, 0.3) is 0 Å². The van der Waals surface area contributed by atoms with Gasteiger partial charge in [0.2, 0.25) is 5.91 Å². The van der Waals surface area contributed by atoms with Gasteiger partial charge in [-0.2, -0.15) is 5.10 Å². The molecule has 1 heterocycles. The summed E-state index contributed by atoms with van der Waals surface area (Å²) in [4.78, 5) is 23.9. The van der Waals surface area contributed by atoms with Gasteiger partial charge in [-0.05, 0) is 17.7 Å². The van der Waals surface area contributed by atoms with Crippen LogP contribution in [0.3, 0.4) is 0 Å². The monoisotopic (exact) mass is 302 g/mol. The fourth-order valence-corrected chi connectivity index (χ4v) is 1.79. The largest absolute Gasteiger partial charge is 0.478 e. The van der Waals surface area contributed by atoms with Crippen molar-refractivity contribution in [2.75, 3.05) is 19.4 Å². The quantitative estimate of drug-likeness (QED) is 0.839. The van der Waals surface area contributed by atoms with Crippen LogP contribution in [-0.2, 0) is 17.9 Å². The Balaban J connectivity index is 1.90. The second-order valence-corrected chi connectivity index (χ2v) is 5.07. The van der Waals surface area contributed by atoms with E-state index >= 15 is 0 Å². The van der Waals surface area contributed by atoms with Gasteiger partial charge >= 0.3 is 5.97 Å². The normalized spacial score (nSPS) is 10.3. The first kappa shape index (κ1) is 15.6. The Kier molecular flexibility index (Phi) is 4.77. The number of aromatic carboxylic acids is 1. The lowest BCUT2D eigenvalue weighted by Crippen LogP contribution is -2.26. The Morgan fingerprint density at radius 1 is 1.27 bits per heavy atom. The summed E-state index contributed by atoms with van der Waals surface area (Å²) >= 11 is 0. The van der Waals surface area contributed by atoms with E-state index < -0.39 is 5.97 Å². The Labute approximate surface area is 128 Å². The van der Waals surface area contributed by atoms with E-state index in [1.807, 2.05) is 0 Å². The SMILES string of the molecule is CN(C)C(=O)Cn1cc(NCc2ccc(C(=O)O)cc2)cn1. The number of nitrogens with zero attached hydrogens (tertiary/aromatic N) is 3. The number of carbonyl (C=O) groups excluding carboxylic acids is 1. The molecular formula is C15H18N4O3. The molecule has 0 radical (unpaired) electrons. The van der Waals surface area contributed by atoms with Crippen LogP contribution in [0.15, 0.2) is 36.7 Å². The van der Waals surface area contributed by atoms with Gasteiger partial charge in [-0.25, -0.2) is 4.79 Å². The molecule has 0 saturated carbocycles. The highest BCUT2D eigenvalue weighted by atomic mass is 16.4. The molecule has 0 aliphatic heterocycles. The average Bonchev–Trinajstić information content (AvgIpc) is 2.93. The van der Waals surface area contributed by atoms with Crippen LogP contribution >= 0.6 is 0 Å². The topological polar surface area (TPSA) is 87.5 Å². The maximum atomic E-state index is 11.6. The van der Waals surface area contributed by atoms with Crippen LogP contribution in [0, 0.1) is 0 Å². The van der Waals surface area contributed by atoms with Gasteiger partial charge in [0.1, 0.15) is 6.54 Å². The summed E-state index contributed by atoms with van der Waals surface area (Å²) in [5, 5.41) is 16.1. The maximum absolute atomic E-state index is 11.6. The van der Waals surface area contributed by atoms with Crippen molar-refractivity contribution in [3.05, 3.63) is 47.8 Å². The van der Waals surface area contributed by atoms with E-state index in [0.29, 0.717) is 6.54 Å². The summed E-state index contributed by atoms with van der Waals surface area (Å²) in [5.41, 5.74) is 2.02. The van der Waals surface area contributed by atoms with E-state index in [4.69, 9.17) is 5.11 Å². The number of rotatable bonds is 6. The summed E-state index contributed by atoms with van der Waals surface area (Å²) < 4.78 is 1.57. The molecule has 1 amide bonds. The van der Waals surface area contributed by atoms with Gasteiger partial charge in [-0.15, -0.1) is 0 Å². The van der Waals surface area contributed by atoms with Gasteiger partial charge in [0.05, 0.1) is 17.4 Å². The van der Waals surface area contributed by atoms with Gasteiger partial charge in [0.15, 0.2) is 0 Å². The van der Waals surface area contributed by atoms with E-state index in [1.165, 1.54) is 4.90 Å². The van der Waals surface area contributed by atoms with Gasteiger partial charge < -0.3 is 15.3 Å². The minimum absolute atomic E-state index is 0.0288. The molecule has 7 nitrogen and oxygen atoms in total. The number of carbonyl (C=O) groups is 2. The Morgan fingerprint density at radius 2 is 1.95 bits per heavy atom. The number of benzene rings is 1. The van der Waals surface area contributed by atoms with Crippen molar-refractivity contribution >= 4 is 17.6 Å². The minimum atomic E-state index is -0.939. The molecule has 22 heavy (non-hydrogen) atoms. The molecule has 0 unspecified atom stereocenters. The molecular weight excluding hydrogens is 284 g/mol. The predicted octanol–water partition coefficient (Wildman–Crippen LogP) is 1.28. The summed E-state index contributed by atoms with van der Waals surface area (Å²) in [5.74, 6) is -0.967.